The molecule has 1 heterocycles. The summed E-state index contributed by atoms with van der Waals surface area (Å²) in [7, 11) is 5.78. The Kier molecular flexibility index (Phi) is 5.73. The van der Waals surface area contributed by atoms with Crippen molar-refractivity contribution in [2.24, 2.45) is 0 Å². The van der Waals surface area contributed by atoms with E-state index in [1.54, 1.807) is 18.0 Å². The number of rotatable bonds is 6. The zero-order valence-corrected chi connectivity index (χ0v) is 17.9. The van der Waals surface area contributed by atoms with Crippen LogP contribution >= 0.6 is 0 Å². The lowest BCUT2D eigenvalue weighted by atomic mass is 10.0. The molecule has 3 aromatic carbocycles. The molecule has 4 aromatic rings. The van der Waals surface area contributed by atoms with Gasteiger partial charge in [0.05, 0.1) is 5.52 Å². The minimum Gasteiger partial charge on any atom is -0.408 e. The second-order valence-electron chi connectivity index (χ2n) is 7.86. The molecule has 1 amide bonds. The molecule has 6 nitrogen and oxygen atoms in total. The van der Waals surface area contributed by atoms with Gasteiger partial charge in [-0.3, -0.25) is 9.36 Å². The summed E-state index contributed by atoms with van der Waals surface area (Å²) >= 11 is 0. The summed E-state index contributed by atoms with van der Waals surface area (Å²) in [5, 5.41) is 0. The van der Waals surface area contributed by atoms with Gasteiger partial charge in [-0.1, -0.05) is 48.5 Å². The fourth-order valence-electron chi connectivity index (χ4n) is 3.60. The number of hydrogen-bond donors (Lipinski definition) is 0. The first-order valence-electron chi connectivity index (χ1n) is 10.1. The topological polar surface area (TPSA) is 58.7 Å². The third-order valence-electron chi connectivity index (χ3n) is 5.26. The summed E-state index contributed by atoms with van der Waals surface area (Å²) in [4.78, 5) is 28.9. The third kappa shape index (κ3) is 4.44. The normalized spacial score (nSPS) is 11.2. The van der Waals surface area contributed by atoms with Crippen LogP contribution in [0.1, 0.15) is 5.56 Å². The van der Waals surface area contributed by atoms with E-state index in [2.05, 4.69) is 29.2 Å². The van der Waals surface area contributed by atoms with Crippen molar-refractivity contribution >= 4 is 22.7 Å². The van der Waals surface area contributed by atoms with Crippen molar-refractivity contribution in [2.45, 2.75) is 13.1 Å². The number of likely N-dealkylation sites (N-methyl/N-ethyl adjacent to an activating group) is 1. The molecular weight excluding hydrogens is 390 g/mol. The summed E-state index contributed by atoms with van der Waals surface area (Å²) in [5.41, 5.74) is 5.07. The maximum atomic E-state index is 12.8. The van der Waals surface area contributed by atoms with E-state index in [1.807, 2.05) is 56.6 Å². The van der Waals surface area contributed by atoms with Crippen molar-refractivity contribution < 1.29 is 9.21 Å². The Bertz CT molecular complexity index is 1250. The highest BCUT2D eigenvalue weighted by Gasteiger charge is 2.17. The Balaban J connectivity index is 1.63. The molecule has 0 saturated heterocycles. The Labute approximate surface area is 180 Å². The van der Waals surface area contributed by atoms with Crippen LogP contribution in [0.3, 0.4) is 0 Å². The number of carbonyl (C=O) groups is 1. The number of hydrogen-bond acceptors (Lipinski definition) is 4. The highest BCUT2D eigenvalue weighted by molar-refractivity contribution is 5.93. The quantitative estimate of drug-likeness (QED) is 0.478. The highest BCUT2D eigenvalue weighted by Crippen LogP contribution is 2.25. The fourth-order valence-corrected chi connectivity index (χ4v) is 3.60. The van der Waals surface area contributed by atoms with Gasteiger partial charge in [-0.05, 0) is 55.1 Å². The lowest BCUT2D eigenvalue weighted by Gasteiger charge is -2.17. The van der Waals surface area contributed by atoms with E-state index in [0.717, 1.165) is 23.4 Å². The van der Waals surface area contributed by atoms with Gasteiger partial charge in [0.1, 0.15) is 6.54 Å². The van der Waals surface area contributed by atoms with Crippen molar-refractivity contribution in [1.82, 2.24) is 9.47 Å². The molecule has 0 unspecified atom stereocenters. The highest BCUT2D eigenvalue weighted by atomic mass is 16.4. The zero-order chi connectivity index (χ0) is 22.0. The van der Waals surface area contributed by atoms with E-state index < -0.39 is 5.76 Å². The summed E-state index contributed by atoms with van der Waals surface area (Å²) in [6, 6.07) is 23.3. The van der Waals surface area contributed by atoms with Crippen LogP contribution in [-0.4, -0.2) is 36.5 Å². The molecule has 0 saturated carbocycles. The van der Waals surface area contributed by atoms with Crippen molar-refractivity contribution in [3.8, 4) is 11.1 Å². The van der Waals surface area contributed by atoms with Crippen molar-refractivity contribution in [2.75, 3.05) is 26.0 Å². The Morgan fingerprint density at radius 3 is 2.26 bits per heavy atom. The van der Waals surface area contributed by atoms with Gasteiger partial charge in [0.15, 0.2) is 5.58 Å². The first-order valence-corrected chi connectivity index (χ1v) is 10.1. The standard InChI is InChI=1S/C25H25N3O3/c1-26(2)16-18-9-11-19(12-10-18)20-13-14-23-22(15-20)28(25(30)31-23)17-24(29)27(3)21-7-5-4-6-8-21/h4-15H,16-17H2,1-3H3. The fraction of sp³-hybridized carbons (Fsp3) is 0.200. The monoisotopic (exact) mass is 415 g/mol. The van der Waals surface area contributed by atoms with Crippen molar-refractivity contribution in [3.05, 3.63) is 88.9 Å². The number of amides is 1. The maximum absolute atomic E-state index is 12.8. The third-order valence-corrected chi connectivity index (χ3v) is 5.26. The number of carbonyl (C=O) groups excluding carboxylic acids is 1. The van der Waals surface area contributed by atoms with E-state index in [-0.39, 0.29) is 12.5 Å². The number of benzene rings is 3. The van der Waals surface area contributed by atoms with E-state index in [0.29, 0.717) is 11.1 Å². The van der Waals surface area contributed by atoms with Crippen LogP contribution in [0, 0.1) is 0 Å². The molecule has 4 rings (SSSR count). The predicted octanol–water partition coefficient (Wildman–Crippen LogP) is 3.99. The van der Waals surface area contributed by atoms with Gasteiger partial charge in [0, 0.05) is 19.3 Å². The van der Waals surface area contributed by atoms with Crippen LogP contribution < -0.4 is 10.7 Å². The number of para-hydroxylation sites is 1. The van der Waals surface area contributed by atoms with E-state index >= 15 is 0 Å². The largest absolute Gasteiger partial charge is 0.420 e. The Hall–Kier alpha value is -3.64. The van der Waals surface area contributed by atoms with Crippen LogP contribution in [0.25, 0.3) is 22.2 Å². The second kappa shape index (κ2) is 8.62. The molecule has 0 aliphatic heterocycles. The van der Waals surface area contributed by atoms with Gasteiger partial charge in [-0.15, -0.1) is 0 Å². The summed E-state index contributed by atoms with van der Waals surface area (Å²) < 4.78 is 6.76. The molecule has 0 spiro atoms. The number of nitrogens with zero attached hydrogens (tertiary/aromatic N) is 3. The van der Waals surface area contributed by atoms with Crippen molar-refractivity contribution in [1.29, 1.82) is 0 Å². The van der Waals surface area contributed by atoms with Gasteiger partial charge < -0.3 is 14.2 Å². The molecule has 0 atom stereocenters. The van der Waals surface area contributed by atoms with Crippen LogP contribution in [0.2, 0.25) is 0 Å². The molecule has 0 aliphatic rings. The molecule has 158 valence electrons. The first kappa shape index (κ1) is 20.6. The van der Waals surface area contributed by atoms with Gasteiger partial charge in [0.2, 0.25) is 5.91 Å². The minimum absolute atomic E-state index is 0.0948. The van der Waals surface area contributed by atoms with Gasteiger partial charge in [-0.25, -0.2) is 4.79 Å². The van der Waals surface area contributed by atoms with Crippen molar-refractivity contribution in [3.63, 3.8) is 0 Å². The molecule has 6 heteroatoms. The lowest BCUT2D eigenvalue weighted by Crippen LogP contribution is -2.32. The molecule has 1 aromatic heterocycles. The molecule has 0 radical (unpaired) electrons. The van der Waals surface area contributed by atoms with Crippen LogP contribution in [-0.2, 0) is 17.9 Å². The molecule has 0 bridgehead atoms. The molecule has 31 heavy (non-hydrogen) atoms. The lowest BCUT2D eigenvalue weighted by molar-refractivity contribution is -0.118. The van der Waals surface area contributed by atoms with Gasteiger partial charge in [-0.2, -0.15) is 0 Å². The van der Waals surface area contributed by atoms with Crippen LogP contribution in [0.5, 0.6) is 0 Å². The van der Waals surface area contributed by atoms with Crippen LogP contribution in [0.4, 0.5) is 5.69 Å². The van der Waals surface area contributed by atoms with E-state index in [9.17, 15) is 9.59 Å². The van der Waals surface area contributed by atoms with E-state index in [4.69, 9.17) is 4.42 Å². The molecule has 0 aliphatic carbocycles. The second-order valence-corrected chi connectivity index (χ2v) is 7.86. The summed E-state index contributed by atoms with van der Waals surface area (Å²) in [6.45, 7) is 0.778. The number of aromatic nitrogens is 1. The van der Waals surface area contributed by atoms with Gasteiger partial charge in [0.25, 0.3) is 0 Å². The number of anilines is 1. The maximum Gasteiger partial charge on any atom is 0.420 e. The summed E-state index contributed by atoms with van der Waals surface area (Å²) in [5.74, 6) is -0.738. The van der Waals surface area contributed by atoms with Gasteiger partial charge >= 0.3 is 5.76 Å². The minimum atomic E-state index is -0.539. The number of fused-ring (bicyclic) bond motifs is 1. The SMILES string of the molecule is CN(C)Cc1ccc(-c2ccc3oc(=O)n(CC(=O)N(C)c4ccccc4)c3c2)cc1. The Morgan fingerprint density at radius 1 is 0.903 bits per heavy atom. The average Bonchev–Trinajstić information content (AvgIpc) is 3.08. The predicted molar refractivity (Wildman–Crippen MR) is 123 cm³/mol. The summed E-state index contributed by atoms with van der Waals surface area (Å²) in [6.07, 6.45) is 0. The number of oxazole rings is 1. The smallest absolute Gasteiger partial charge is 0.408 e. The molecule has 0 N–H and O–H groups in total. The Morgan fingerprint density at radius 2 is 1.58 bits per heavy atom. The molecule has 0 fully saturated rings. The average molecular weight is 415 g/mol. The van der Waals surface area contributed by atoms with E-state index in [1.165, 1.54) is 10.1 Å². The zero-order valence-electron chi connectivity index (χ0n) is 17.9. The van der Waals surface area contributed by atoms with Crippen LogP contribution in [0.15, 0.2) is 82.0 Å². The molecular formula is C25H25N3O3. The first-order chi connectivity index (χ1) is 14.9.